The van der Waals surface area contributed by atoms with E-state index in [2.05, 4.69) is 43.7 Å². The number of halogens is 3. The Bertz CT molecular complexity index is 1830. The quantitative estimate of drug-likeness (QED) is 0.269. The first-order valence-corrected chi connectivity index (χ1v) is 16.4. The lowest BCUT2D eigenvalue weighted by Gasteiger charge is -2.13. The molecule has 3 aromatic heterocycles. The van der Waals surface area contributed by atoms with Crippen LogP contribution in [0.4, 0.5) is 13.2 Å². The number of H-pyrrole nitrogens is 2. The van der Waals surface area contributed by atoms with E-state index in [0.29, 0.717) is 42.5 Å². The van der Waals surface area contributed by atoms with Crippen molar-refractivity contribution in [1.29, 1.82) is 0 Å². The summed E-state index contributed by atoms with van der Waals surface area (Å²) < 4.78 is 46.0. The predicted molar refractivity (Wildman–Crippen MR) is 178 cm³/mol. The van der Waals surface area contributed by atoms with Gasteiger partial charge in [-0.05, 0) is 114 Å². The molecule has 0 atom stereocenters. The molecule has 5 heterocycles. The summed E-state index contributed by atoms with van der Waals surface area (Å²) >= 11 is 0. The van der Waals surface area contributed by atoms with Crippen LogP contribution in [0.5, 0.6) is 0 Å². The molecule has 44 heavy (non-hydrogen) atoms. The summed E-state index contributed by atoms with van der Waals surface area (Å²) in [5, 5.41) is 0. The molecule has 4 nitrogen and oxygen atoms in total. The minimum Gasteiger partial charge on any atom is -0.355 e. The maximum absolute atomic E-state index is 15.3. The fraction of sp³-hybridized carbons (Fsp3) is 0.459. The summed E-state index contributed by atoms with van der Waals surface area (Å²) in [7, 11) is 0. The number of hydrogen-bond acceptors (Lipinski definition) is 2. The Labute approximate surface area is 259 Å². The Balaban J connectivity index is 2.14. The molecule has 0 radical (unpaired) electrons. The second-order valence-electron chi connectivity index (χ2n) is 11.6. The number of hydrogen-bond donors (Lipinski definition) is 2. The smallest absolute Gasteiger partial charge is 0.355 e. The van der Waals surface area contributed by atoms with Gasteiger partial charge in [-0.1, -0.05) is 55.4 Å². The van der Waals surface area contributed by atoms with Gasteiger partial charge >= 0.3 is 6.18 Å². The minimum atomic E-state index is -4.61. The summed E-state index contributed by atoms with van der Waals surface area (Å²) in [6.07, 6.45) is 0.774. The number of nitrogens with zero attached hydrogens (tertiary/aromatic N) is 2. The monoisotopic (exact) mass is 602 g/mol. The van der Waals surface area contributed by atoms with Crippen LogP contribution in [-0.4, -0.2) is 19.9 Å². The van der Waals surface area contributed by atoms with Crippen molar-refractivity contribution in [3.63, 3.8) is 0 Å². The molecule has 0 fully saturated rings. The Morgan fingerprint density at radius 1 is 0.500 bits per heavy atom. The van der Waals surface area contributed by atoms with Crippen molar-refractivity contribution in [2.75, 3.05) is 0 Å². The maximum Gasteiger partial charge on any atom is 0.420 e. The second kappa shape index (κ2) is 12.4. The number of nitrogens with one attached hydrogen (secondary N) is 2. The molecule has 0 aliphatic carbocycles. The van der Waals surface area contributed by atoms with Crippen molar-refractivity contribution < 1.29 is 13.2 Å². The summed E-state index contributed by atoms with van der Waals surface area (Å²) in [6, 6.07) is 6.13. The molecule has 0 saturated carbocycles. The topological polar surface area (TPSA) is 57.4 Å². The molecule has 234 valence electrons. The molecule has 0 amide bonds. The lowest BCUT2D eigenvalue weighted by Crippen LogP contribution is -2.10. The van der Waals surface area contributed by atoms with Gasteiger partial charge in [0.25, 0.3) is 0 Å². The number of fused-ring (bicyclic) bond motifs is 8. The van der Waals surface area contributed by atoms with Gasteiger partial charge < -0.3 is 9.97 Å². The van der Waals surface area contributed by atoms with Crippen molar-refractivity contribution in [3.8, 4) is 0 Å². The van der Waals surface area contributed by atoms with Crippen LogP contribution in [0.25, 0.3) is 44.4 Å². The van der Waals surface area contributed by atoms with E-state index in [-0.39, 0.29) is 11.2 Å². The van der Waals surface area contributed by atoms with Crippen LogP contribution in [0, 0.1) is 0 Å². The Hall–Kier alpha value is -3.61. The number of allylic oxidation sites excluding steroid dienone is 4. The SMILES string of the molecule is CCC1=C(CC)c2cc3[nH]c(cc4[nH]c(c(CC)c4CC)c(C(F)(F)F)c4nc(cc1n2)C(CC)=C4CC)c(CC)c3CC. The minimum absolute atomic E-state index is 0.0390. The highest BCUT2D eigenvalue weighted by atomic mass is 19.4. The first-order chi connectivity index (χ1) is 21.1. The standard InChI is InChI=1S/C37H45F3N4/c1-9-20-22(11-3)30-18-32-24(13-5)26(15-7)35(43-32)34(37(38,39)40)36-27(16-8)25(14-6)33(44-36)19-31-23(12-4)21(10-2)29(42-31)17-28(20)41-30/h17-19,41,43H,9-16H2,1-8H3. The molecule has 8 bridgehead atoms. The van der Waals surface area contributed by atoms with Crippen LogP contribution >= 0.6 is 0 Å². The lowest BCUT2D eigenvalue weighted by atomic mass is 9.95. The van der Waals surface area contributed by atoms with Crippen molar-refractivity contribution in [2.45, 2.75) is 113 Å². The molecule has 0 unspecified atom stereocenters. The summed E-state index contributed by atoms with van der Waals surface area (Å²) in [4.78, 5) is 16.9. The van der Waals surface area contributed by atoms with E-state index in [0.717, 1.165) is 70.3 Å². The van der Waals surface area contributed by atoms with Crippen molar-refractivity contribution >= 4 is 44.4 Å². The fourth-order valence-corrected chi connectivity index (χ4v) is 7.47. The molecule has 0 aromatic carbocycles. The Kier molecular flexibility index (Phi) is 8.97. The second-order valence-corrected chi connectivity index (χ2v) is 11.6. The molecule has 2 aliphatic rings. The van der Waals surface area contributed by atoms with Crippen LogP contribution in [0.2, 0.25) is 0 Å². The highest BCUT2D eigenvalue weighted by Gasteiger charge is 2.39. The molecule has 2 aliphatic heterocycles. The van der Waals surface area contributed by atoms with Gasteiger partial charge in [0.1, 0.15) is 5.56 Å². The van der Waals surface area contributed by atoms with Gasteiger partial charge in [-0.3, -0.25) is 0 Å². The van der Waals surface area contributed by atoms with Crippen molar-refractivity contribution in [3.05, 3.63) is 68.8 Å². The van der Waals surface area contributed by atoms with Gasteiger partial charge in [-0.15, -0.1) is 0 Å². The van der Waals surface area contributed by atoms with E-state index < -0.39 is 11.7 Å². The molecule has 7 heteroatoms. The normalized spacial score (nSPS) is 13.9. The van der Waals surface area contributed by atoms with E-state index in [4.69, 9.17) is 9.97 Å². The van der Waals surface area contributed by atoms with E-state index in [9.17, 15) is 0 Å². The van der Waals surface area contributed by atoms with Crippen molar-refractivity contribution in [1.82, 2.24) is 19.9 Å². The van der Waals surface area contributed by atoms with Gasteiger partial charge in [-0.25, -0.2) is 9.97 Å². The largest absolute Gasteiger partial charge is 0.420 e. The van der Waals surface area contributed by atoms with Crippen LogP contribution in [0.3, 0.4) is 0 Å². The average Bonchev–Trinajstić information content (AvgIpc) is 3.71. The predicted octanol–water partition coefficient (Wildman–Crippen LogP) is 11.0. The molecular weight excluding hydrogens is 557 g/mol. The fourth-order valence-electron chi connectivity index (χ4n) is 7.47. The molecule has 0 saturated heterocycles. The number of alkyl halides is 3. The summed E-state index contributed by atoms with van der Waals surface area (Å²) in [6.45, 7) is 16.4. The van der Waals surface area contributed by atoms with Crippen molar-refractivity contribution in [2.24, 2.45) is 0 Å². The van der Waals surface area contributed by atoms with Crippen LogP contribution in [0.15, 0.2) is 18.2 Å². The van der Waals surface area contributed by atoms with E-state index in [1.165, 1.54) is 16.7 Å². The molecular formula is C37H45F3N4. The van der Waals surface area contributed by atoms with Gasteiger partial charge in [-0.2, -0.15) is 13.2 Å². The lowest BCUT2D eigenvalue weighted by molar-refractivity contribution is -0.136. The van der Waals surface area contributed by atoms with Crippen LogP contribution in [0.1, 0.15) is 132 Å². The van der Waals surface area contributed by atoms with Gasteiger partial charge in [0.05, 0.1) is 28.3 Å². The average molecular weight is 603 g/mol. The van der Waals surface area contributed by atoms with E-state index in [1.807, 2.05) is 39.8 Å². The van der Waals surface area contributed by atoms with Gasteiger partial charge in [0.15, 0.2) is 0 Å². The molecule has 2 N–H and O–H groups in total. The number of aromatic nitrogens is 4. The third-order valence-corrected chi connectivity index (χ3v) is 9.39. The zero-order valence-corrected chi connectivity index (χ0v) is 27.4. The van der Waals surface area contributed by atoms with Crippen LogP contribution < -0.4 is 0 Å². The van der Waals surface area contributed by atoms with Gasteiger partial charge in [0, 0.05) is 16.6 Å². The maximum atomic E-state index is 15.3. The first kappa shape index (κ1) is 31.8. The van der Waals surface area contributed by atoms with E-state index >= 15 is 13.2 Å². The highest BCUT2D eigenvalue weighted by molar-refractivity contribution is 5.97. The van der Waals surface area contributed by atoms with Crippen LogP contribution in [-0.2, 0) is 31.9 Å². The summed E-state index contributed by atoms with van der Waals surface area (Å²) in [5.74, 6) is 0. The number of aromatic amines is 2. The Morgan fingerprint density at radius 2 is 0.932 bits per heavy atom. The van der Waals surface area contributed by atoms with E-state index in [1.54, 1.807) is 0 Å². The first-order valence-electron chi connectivity index (χ1n) is 16.4. The zero-order chi connectivity index (χ0) is 31.9. The van der Waals surface area contributed by atoms with Gasteiger partial charge in [0.2, 0.25) is 0 Å². The number of rotatable bonds is 8. The Morgan fingerprint density at radius 3 is 1.43 bits per heavy atom. The molecule has 3 aromatic rings. The molecule has 0 spiro atoms. The number of aryl methyl sites for hydroxylation is 4. The third-order valence-electron chi connectivity index (χ3n) is 9.39. The molecule has 5 rings (SSSR count). The highest BCUT2D eigenvalue weighted by Crippen LogP contribution is 2.45. The summed E-state index contributed by atoms with van der Waals surface area (Å²) in [5.41, 5.74) is 12.4. The zero-order valence-electron chi connectivity index (χ0n) is 27.4. The third kappa shape index (κ3) is 5.12.